The maximum Gasteiger partial charge on any atom is 0.163 e. The lowest BCUT2D eigenvalue weighted by Gasteiger charge is -2.13. The van der Waals surface area contributed by atoms with Crippen molar-refractivity contribution >= 4 is 0 Å². The zero-order chi connectivity index (χ0) is 15.2. The van der Waals surface area contributed by atoms with Gasteiger partial charge in [-0.05, 0) is 32.4 Å². The Balaban J connectivity index is 2.44. The standard InChI is InChI=1S/C15H21N3O3/c1-4-13-12(10-19)16-17-18(13)11-7-8-14(20-5-2)15(9-11)21-6-3/h7-9,19H,4-6,10H2,1-3H3. The third kappa shape index (κ3) is 3.16. The van der Waals surface area contributed by atoms with Crippen molar-refractivity contribution in [1.82, 2.24) is 15.0 Å². The van der Waals surface area contributed by atoms with Crippen LogP contribution in [0.1, 0.15) is 32.2 Å². The van der Waals surface area contributed by atoms with E-state index in [0.717, 1.165) is 17.8 Å². The Bertz CT molecular complexity index is 596. The molecule has 1 N–H and O–H groups in total. The average molecular weight is 291 g/mol. The number of ether oxygens (including phenoxy) is 2. The highest BCUT2D eigenvalue weighted by atomic mass is 16.5. The van der Waals surface area contributed by atoms with Crippen LogP contribution in [-0.4, -0.2) is 33.3 Å². The number of hydrogen-bond donors (Lipinski definition) is 1. The summed E-state index contributed by atoms with van der Waals surface area (Å²) < 4.78 is 12.9. The number of aliphatic hydroxyl groups is 1. The van der Waals surface area contributed by atoms with Crippen molar-refractivity contribution in [3.05, 3.63) is 29.6 Å². The zero-order valence-corrected chi connectivity index (χ0v) is 12.7. The van der Waals surface area contributed by atoms with Crippen LogP contribution >= 0.6 is 0 Å². The predicted octanol–water partition coefficient (Wildman–Crippen LogP) is 2.12. The molecule has 0 fully saturated rings. The number of aliphatic hydroxyl groups excluding tert-OH is 1. The second-order valence-electron chi connectivity index (χ2n) is 4.40. The summed E-state index contributed by atoms with van der Waals surface area (Å²) in [6.07, 6.45) is 0.736. The summed E-state index contributed by atoms with van der Waals surface area (Å²) in [5, 5.41) is 17.4. The molecule has 2 rings (SSSR count). The van der Waals surface area contributed by atoms with E-state index in [-0.39, 0.29) is 6.61 Å². The van der Waals surface area contributed by atoms with E-state index in [1.807, 2.05) is 39.0 Å². The molecule has 6 nitrogen and oxygen atoms in total. The normalized spacial score (nSPS) is 10.7. The molecule has 1 heterocycles. The van der Waals surface area contributed by atoms with Crippen LogP contribution in [0.3, 0.4) is 0 Å². The second-order valence-corrected chi connectivity index (χ2v) is 4.40. The van der Waals surface area contributed by atoms with Crippen molar-refractivity contribution in [2.24, 2.45) is 0 Å². The summed E-state index contributed by atoms with van der Waals surface area (Å²) in [4.78, 5) is 0. The van der Waals surface area contributed by atoms with Gasteiger partial charge >= 0.3 is 0 Å². The summed E-state index contributed by atoms with van der Waals surface area (Å²) >= 11 is 0. The van der Waals surface area contributed by atoms with Gasteiger partial charge in [0.1, 0.15) is 5.69 Å². The molecule has 2 aromatic rings. The molecule has 1 aromatic heterocycles. The van der Waals surface area contributed by atoms with E-state index in [2.05, 4.69) is 10.3 Å². The van der Waals surface area contributed by atoms with E-state index in [1.54, 1.807) is 4.68 Å². The lowest BCUT2D eigenvalue weighted by atomic mass is 10.2. The molecule has 0 amide bonds. The first-order valence-corrected chi connectivity index (χ1v) is 7.19. The molecule has 0 unspecified atom stereocenters. The van der Waals surface area contributed by atoms with Crippen LogP contribution in [0, 0.1) is 0 Å². The molecule has 0 aliphatic rings. The monoisotopic (exact) mass is 291 g/mol. The maximum absolute atomic E-state index is 9.30. The Hall–Kier alpha value is -2.08. The summed E-state index contributed by atoms with van der Waals surface area (Å²) in [5.74, 6) is 1.39. The number of hydrogen-bond acceptors (Lipinski definition) is 5. The van der Waals surface area contributed by atoms with Gasteiger partial charge in [-0.2, -0.15) is 0 Å². The van der Waals surface area contributed by atoms with Gasteiger partial charge in [0.05, 0.1) is 31.2 Å². The van der Waals surface area contributed by atoms with Gasteiger partial charge < -0.3 is 14.6 Å². The minimum Gasteiger partial charge on any atom is -0.490 e. The molecule has 6 heteroatoms. The summed E-state index contributed by atoms with van der Waals surface area (Å²) in [6, 6.07) is 5.65. The molecular weight excluding hydrogens is 270 g/mol. The van der Waals surface area contributed by atoms with Gasteiger partial charge in [0.15, 0.2) is 11.5 Å². The van der Waals surface area contributed by atoms with Gasteiger partial charge in [-0.3, -0.25) is 0 Å². The van der Waals surface area contributed by atoms with Crippen LogP contribution in [0.25, 0.3) is 5.69 Å². The molecule has 0 saturated heterocycles. The Kier molecular flexibility index (Phi) is 5.16. The topological polar surface area (TPSA) is 69.4 Å². The molecule has 0 spiro atoms. The number of rotatable bonds is 7. The van der Waals surface area contributed by atoms with Crippen molar-refractivity contribution in [2.75, 3.05) is 13.2 Å². The number of aromatic nitrogens is 3. The molecule has 0 aliphatic carbocycles. The van der Waals surface area contributed by atoms with E-state index in [0.29, 0.717) is 30.4 Å². The Morgan fingerprint density at radius 3 is 2.43 bits per heavy atom. The van der Waals surface area contributed by atoms with Gasteiger partial charge in [0.25, 0.3) is 0 Å². The van der Waals surface area contributed by atoms with Gasteiger partial charge in [-0.25, -0.2) is 4.68 Å². The minimum atomic E-state index is -0.113. The lowest BCUT2D eigenvalue weighted by Crippen LogP contribution is -2.05. The van der Waals surface area contributed by atoms with Crippen molar-refractivity contribution in [1.29, 1.82) is 0 Å². The zero-order valence-electron chi connectivity index (χ0n) is 12.7. The largest absolute Gasteiger partial charge is 0.490 e. The molecule has 0 aliphatic heterocycles. The molecule has 1 aromatic carbocycles. The van der Waals surface area contributed by atoms with Crippen molar-refractivity contribution in [3.8, 4) is 17.2 Å². The van der Waals surface area contributed by atoms with Crippen molar-refractivity contribution in [3.63, 3.8) is 0 Å². The average Bonchev–Trinajstić information content (AvgIpc) is 2.92. The fourth-order valence-corrected chi connectivity index (χ4v) is 2.19. The van der Waals surface area contributed by atoms with Crippen molar-refractivity contribution < 1.29 is 14.6 Å². The molecule has 0 radical (unpaired) electrons. The van der Waals surface area contributed by atoms with E-state index in [9.17, 15) is 5.11 Å². The fourth-order valence-electron chi connectivity index (χ4n) is 2.19. The van der Waals surface area contributed by atoms with Gasteiger partial charge in [-0.1, -0.05) is 12.1 Å². The molecule has 21 heavy (non-hydrogen) atoms. The van der Waals surface area contributed by atoms with Crippen LogP contribution in [0.4, 0.5) is 0 Å². The van der Waals surface area contributed by atoms with Gasteiger partial charge in [-0.15, -0.1) is 5.10 Å². The van der Waals surface area contributed by atoms with Crippen LogP contribution in [0.15, 0.2) is 18.2 Å². The van der Waals surface area contributed by atoms with Crippen LogP contribution in [0.2, 0.25) is 0 Å². The first kappa shape index (κ1) is 15.3. The number of nitrogens with zero attached hydrogens (tertiary/aromatic N) is 3. The first-order valence-electron chi connectivity index (χ1n) is 7.19. The van der Waals surface area contributed by atoms with Crippen LogP contribution in [0.5, 0.6) is 11.5 Å². The quantitative estimate of drug-likeness (QED) is 0.846. The van der Waals surface area contributed by atoms with E-state index < -0.39 is 0 Å². The summed E-state index contributed by atoms with van der Waals surface area (Å²) in [5.41, 5.74) is 2.33. The third-order valence-corrected chi connectivity index (χ3v) is 3.10. The van der Waals surface area contributed by atoms with Crippen LogP contribution in [-0.2, 0) is 13.0 Å². The molecule has 0 bridgehead atoms. The van der Waals surface area contributed by atoms with Crippen molar-refractivity contribution in [2.45, 2.75) is 33.8 Å². The van der Waals surface area contributed by atoms with E-state index >= 15 is 0 Å². The van der Waals surface area contributed by atoms with E-state index in [4.69, 9.17) is 9.47 Å². The second kappa shape index (κ2) is 7.08. The number of benzene rings is 1. The highest BCUT2D eigenvalue weighted by Gasteiger charge is 2.14. The molecule has 114 valence electrons. The molecule has 0 saturated carbocycles. The summed E-state index contributed by atoms with van der Waals surface area (Å²) in [7, 11) is 0. The van der Waals surface area contributed by atoms with Crippen LogP contribution < -0.4 is 9.47 Å². The molecule has 0 atom stereocenters. The molecular formula is C15H21N3O3. The fraction of sp³-hybridized carbons (Fsp3) is 0.467. The Morgan fingerprint density at radius 2 is 1.81 bits per heavy atom. The smallest absolute Gasteiger partial charge is 0.163 e. The van der Waals surface area contributed by atoms with Gasteiger partial charge in [0.2, 0.25) is 0 Å². The third-order valence-electron chi connectivity index (χ3n) is 3.10. The van der Waals surface area contributed by atoms with Gasteiger partial charge in [0, 0.05) is 6.07 Å². The Morgan fingerprint density at radius 1 is 1.10 bits per heavy atom. The van der Waals surface area contributed by atoms with E-state index in [1.165, 1.54) is 0 Å². The highest BCUT2D eigenvalue weighted by molar-refractivity contribution is 5.49. The summed E-state index contributed by atoms with van der Waals surface area (Å²) in [6.45, 7) is 6.90. The SMILES string of the molecule is CCOc1ccc(-n2nnc(CO)c2CC)cc1OCC. The Labute approximate surface area is 124 Å². The minimum absolute atomic E-state index is 0.113. The lowest BCUT2D eigenvalue weighted by molar-refractivity contribution is 0.275. The predicted molar refractivity (Wildman–Crippen MR) is 79.0 cm³/mol. The maximum atomic E-state index is 9.30. The first-order chi connectivity index (χ1) is 10.2. The highest BCUT2D eigenvalue weighted by Crippen LogP contribution is 2.30.